The summed E-state index contributed by atoms with van der Waals surface area (Å²) in [6.07, 6.45) is 0.723. The van der Waals surface area contributed by atoms with E-state index in [9.17, 15) is 9.59 Å². The third-order valence-corrected chi connectivity index (χ3v) is 3.42. The van der Waals surface area contributed by atoms with Crippen molar-refractivity contribution in [3.05, 3.63) is 53.0 Å². The Balaban J connectivity index is 1.97. The topological polar surface area (TPSA) is 70.8 Å². The molecule has 2 aromatic rings. The van der Waals surface area contributed by atoms with Gasteiger partial charge in [0, 0.05) is 12.2 Å². The second kappa shape index (κ2) is 4.52. The Hall–Kier alpha value is -2.56. The monoisotopic (exact) mass is 271 g/mol. The van der Waals surface area contributed by atoms with Crippen LogP contribution in [0.5, 0.6) is 0 Å². The van der Waals surface area contributed by atoms with Crippen LogP contribution in [0.4, 0.5) is 5.69 Å². The van der Waals surface area contributed by atoms with E-state index in [0.717, 1.165) is 12.0 Å². The molecule has 20 heavy (non-hydrogen) atoms. The minimum atomic E-state index is -0.999. The summed E-state index contributed by atoms with van der Waals surface area (Å²) in [7, 11) is 0. The number of carboxylic acid groups (broad SMARTS) is 1. The fourth-order valence-electron chi connectivity index (χ4n) is 2.41. The summed E-state index contributed by atoms with van der Waals surface area (Å²) in [5, 5.41) is 9.04. The number of aromatic carboxylic acids is 1. The SMILES string of the molecule is Cc1ccc(C(=O)N2CCc3ccc(C(=O)O)cc32)o1. The molecular formula is C15H13NO4. The predicted molar refractivity (Wildman–Crippen MR) is 72.2 cm³/mol. The van der Waals surface area contributed by atoms with Crippen LogP contribution in [-0.4, -0.2) is 23.5 Å². The molecule has 1 aromatic heterocycles. The first-order valence-corrected chi connectivity index (χ1v) is 6.31. The Morgan fingerprint density at radius 2 is 2.05 bits per heavy atom. The average Bonchev–Trinajstić information content (AvgIpc) is 3.03. The summed E-state index contributed by atoms with van der Waals surface area (Å²) in [6, 6.07) is 8.23. The summed E-state index contributed by atoms with van der Waals surface area (Å²) in [5.74, 6) is -0.288. The Morgan fingerprint density at radius 3 is 2.70 bits per heavy atom. The molecule has 1 amide bonds. The third-order valence-electron chi connectivity index (χ3n) is 3.42. The minimum absolute atomic E-state index is 0.180. The summed E-state index contributed by atoms with van der Waals surface area (Å²) in [6.45, 7) is 2.31. The molecule has 5 heteroatoms. The number of anilines is 1. The van der Waals surface area contributed by atoms with Crippen molar-refractivity contribution in [2.75, 3.05) is 11.4 Å². The lowest BCUT2D eigenvalue weighted by molar-refractivity contribution is 0.0696. The quantitative estimate of drug-likeness (QED) is 0.911. The van der Waals surface area contributed by atoms with Gasteiger partial charge in [0.25, 0.3) is 5.91 Å². The van der Waals surface area contributed by atoms with Crippen LogP contribution in [0.15, 0.2) is 34.7 Å². The number of carbonyl (C=O) groups excluding carboxylic acids is 1. The van der Waals surface area contributed by atoms with Crippen LogP contribution in [0.2, 0.25) is 0 Å². The lowest BCUT2D eigenvalue weighted by atomic mass is 10.1. The number of hydrogen-bond acceptors (Lipinski definition) is 3. The summed E-state index contributed by atoms with van der Waals surface area (Å²) < 4.78 is 5.34. The number of hydrogen-bond donors (Lipinski definition) is 1. The molecule has 0 atom stereocenters. The van der Waals surface area contributed by atoms with E-state index in [1.807, 2.05) is 0 Å². The van der Waals surface area contributed by atoms with Crippen LogP contribution < -0.4 is 4.90 Å². The number of carbonyl (C=O) groups is 2. The van der Waals surface area contributed by atoms with Gasteiger partial charge in [0.2, 0.25) is 0 Å². The largest absolute Gasteiger partial charge is 0.478 e. The van der Waals surface area contributed by atoms with E-state index < -0.39 is 5.97 Å². The van der Waals surface area contributed by atoms with Gasteiger partial charge < -0.3 is 14.4 Å². The molecule has 1 aromatic carbocycles. The second-order valence-electron chi connectivity index (χ2n) is 4.77. The summed E-state index contributed by atoms with van der Waals surface area (Å²) in [5.41, 5.74) is 1.81. The Labute approximate surface area is 115 Å². The van der Waals surface area contributed by atoms with Gasteiger partial charge in [-0.05, 0) is 43.2 Å². The van der Waals surface area contributed by atoms with Gasteiger partial charge in [0.15, 0.2) is 5.76 Å². The molecular weight excluding hydrogens is 258 g/mol. The van der Waals surface area contributed by atoms with Crippen molar-refractivity contribution in [3.8, 4) is 0 Å². The lowest BCUT2D eigenvalue weighted by Crippen LogP contribution is -2.28. The van der Waals surface area contributed by atoms with E-state index >= 15 is 0 Å². The van der Waals surface area contributed by atoms with Crippen molar-refractivity contribution in [1.29, 1.82) is 0 Å². The van der Waals surface area contributed by atoms with Crippen LogP contribution in [0.25, 0.3) is 0 Å². The first-order valence-electron chi connectivity index (χ1n) is 6.31. The highest BCUT2D eigenvalue weighted by molar-refractivity contribution is 6.06. The molecule has 3 rings (SSSR count). The zero-order valence-corrected chi connectivity index (χ0v) is 10.9. The number of rotatable bonds is 2. The maximum absolute atomic E-state index is 12.4. The van der Waals surface area contributed by atoms with E-state index in [2.05, 4.69) is 0 Å². The van der Waals surface area contributed by atoms with Crippen LogP contribution >= 0.6 is 0 Å². The first kappa shape index (κ1) is 12.5. The molecule has 102 valence electrons. The van der Waals surface area contributed by atoms with Crippen LogP contribution in [0.1, 0.15) is 32.2 Å². The Bertz CT molecular complexity index is 702. The standard InChI is InChI=1S/C15H13NO4/c1-9-2-5-13(20-9)14(17)16-7-6-10-3-4-11(15(18)19)8-12(10)16/h2-5,8H,6-7H2,1H3,(H,18,19). The number of amides is 1. The molecule has 0 saturated carbocycles. The van der Waals surface area contributed by atoms with Crippen molar-refractivity contribution >= 4 is 17.6 Å². The van der Waals surface area contributed by atoms with E-state index in [1.165, 1.54) is 0 Å². The molecule has 0 saturated heterocycles. The van der Waals surface area contributed by atoms with Gasteiger partial charge in [0.05, 0.1) is 5.56 Å². The molecule has 1 N–H and O–H groups in total. The van der Waals surface area contributed by atoms with E-state index in [-0.39, 0.29) is 17.2 Å². The Kier molecular flexibility index (Phi) is 2.82. The van der Waals surface area contributed by atoms with Crippen molar-refractivity contribution in [1.82, 2.24) is 0 Å². The molecule has 0 fully saturated rings. The molecule has 2 heterocycles. The van der Waals surface area contributed by atoms with Crippen LogP contribution in [0, 0.1) is 6.92 Å². The normalized spacial score (nSPS) is 13.3. The maximum Gasteiger partial charge on any atom is 0.335 e. The summed E-state index contributed by atoms with van der Waals surface area (Å²) >= 11 is 0. The first-order chi connectivity index (χ1) is 9.56. The van der Waals surface area contributed by atoms with Crippen LogP contribution in [-0.2, 0) is 6.42 Å². The number of fused-ring (bicyclic) bond motifs is 1. The van der Waals surface area contributed by atoms with E-state index in [1.54, 1.807) is 42.2 Å². The van der Waals surface area contributed by atoms with Gasteiger partial charge in [-0.15, -0.1) is 0 Å². The van der Waals surface area contributed by atoms with Gasteiger partial charge >= 0.3 is 5.97 Å². The third kappa shape index (κ3) is 1.97. The molecule has 0 radical (unpaired) electrons. The van der Waals surface area contributed by atoms with E-state index in [0.29, 0.717) is 18.0 Å². The number of furan rings is 1. The highest BCUT2D eigenvalue weighted by atomic mass is 16.4. The average molecular weight is 271 g/mol. The highest BCUT2D eigenvalue weighted by Crippen LogP contribution is 2.30. The van der Waals surface area contributed by atoms with Crippen molar-refractivity contribution in [2.45, 2.75) is 13.3 Å². The van der Waals surface area contributed by atoms with Gasteiger partial charge in [-0.2, -0.15) is 0 Å². The fourth-order valence-corrected chi connectivity index (χ4v) is 2.41. The fraction of sp³-hybridized carbons (Fsp3) is 0.200. The maximum atomic E-state index is 12.4. The summed E-state index contributed by atoms with van der Waals surface area (Å²) in [4.78, 5) is 25.0. The molecule has 1 aliphatic heterocycles. The smallest absolute Gasteiger partial charge is 0.335 e. The highest BCUT2D eigenvalue weighted by Gasteiger charge is 2.28. The molecule has 5 nitrogen and oxygen atoms in total. The zero-order chi connectivity index (χ0) is 14.3. The van der Waals surface area contributed by atoms with Gasteiger partial charge in [-0.25, -0.2) is 4.79 Å². The molecule has 0 aliphatic carbocycles. The van der Waals surface area contributed by atoms with E-state index in [4.69, 9.17) is 9.52 Å². The zero-order valence-electron chi connectivity index (χ0n) is 10.9. The predicted octanol–water partition coefficient (Wildman–Crippen LogP) is 2.49. The second-order valence-corrected chi connectivity index (χ2v) is 4.77. The van der Waals surface area contributed by atoms with Crippen molar-refractivity contribution < 1.29 is 19.1 Å². The van der Waals surface area contributed by atoms with Crippen molar-refractivity contribution in [3.63, 3.8) is 0 Å². The molecule has 0 unspecified atom stereocenters. The number of carboxylic acids is 1. The lowest BCUT2D eigenvalue weighted by Gasteiger charge is -2.16. The van der Waals surface area contributed by atoms with Gasteiger partial charge in [-0.3, -0.25) is 4.79 Å². The van der Waals surface area contributed by atoms with Crippen molar-refractivity contribution in [2.24, 2.45) is 0 Å². The number of aryl methyl sites for hydroxylation is 1. The molecule has 0 bridgehead atoms. The molecule has 0 spiro atoms. The van der Waals surface area contributed by atoms with Gasteiger partial charge in [0.1, 0.15) is 5.76 Å². The number of nitrogens with zero attached hydrogens (tertiary/aromatic N) is 1. The van der Waals surface area contributed by atoms with Gasteiger partial charge in [-0.1, -0.05) is 6.07 Å². The Morgan fingerprint density at radius 1 is 1.25 bits per heavy atom. The molecule has 1 aliphatic rings. The van der Waals surface area contributed by atoms with Crippen LogP contribution in [0.3, 0.4) is 0 Å². The number of benzene rings is 1. The minimum Gasteiger partial charge on any atom is -0.478 e.